The van der Waals surface area contributed by atoms with E-state index in [1.807, 2.05) is 0 Å². The fourth-order valence-electron chi connectivity index (χ4n) is 2.44. The lowest BCUT2D eigenvalue weighted by molar-refractivity contribution is -0.384. The van der Waals surface area contributed by atoms with Gasteiger partial charge in [-0.15, -0.1) is 0 Å². The molecule has 0 bridgehead atoms. The summed E-state index contributed by atoms with van der Waals surface area (Å²) in [5, 5.41) is 14.0. The monoisotopic (exact) mass is 276 g/mol. The van der Waals surface area contributed by atoms with Crippen LogP contribution in [0.1, 0.15) is 12.8 Å². The van der Waals surface area contributed by atoms with Crippen molar-refractivity contribution in [1.29, 1.82) is 0 Å². The maximum Gasteiger partial charge on any atom is 0.294 e. The zero-order valence-electron chi connectivity index (χ0n) is 11.0. The first-order valence-electron chi connectivity index (χ1n) is 6.70. The Morgan fingerprint density at radius 1 is 1.50 bits per heavy atom. The lowest BCUT2D eigenvalue weighted by Crippen LogP contribution is -2.11. The van der Waals surface area contributed by atoms with E-state index < -0.39 is 4.92 Å². The fraction of sp³-hybridized carbons (Fsp3) is 0.462. The molecule has 7 nitrogen and oxygen atoms in total. The van der Waals surface area contributed by atoms with E-state index in [0.717, 1.165) is 19.5 Å². The zero-order valence-corrected chi connectivity index (χ0v) is 11.0. The van der Waals surface area contributed by atoms with E-state index in [4.69, 9.17) is 4.74 Å². The topological polar surface area (TPSA) is 93.1 Å². The molecule has 0 aliphatic carbocycles. The van der Waals surface area contributed by atoms with Crippen LogP contribution in [0.4, 0.5) is 5.69 Å². The van der Waals surface area contributed by atoms with Gasteiger partial charge < -0.3 is 15.0 Å². The molecular weight excluding hydrogens is 260 g/mol. The van der Waals surface area contributed by atoms with E-state index in [-0.39, 0.29) is 5.69 Å². The second-order valence-electron chi connectivity index (χ2n) is 5.00. The molecule has 7 heteroatoms. The summed E-state index contributed by atoms with van der Waals surface area (Å²) < 4.78 is 5.59. The third-order valence-electron chi connectivity index (χ3n) is 3.58. The Balaban J connectivity index is 1.64. The van der Waals surface area contributed by atoms with Gasteiger partial charge in [0, 0.05) is 12.1 Å². The van der Waals surface area contributed by atoms with Gasteiger partial charge in [0.2, 0.25) is 0 Å². The summed E-state index contributed by atoms with van der Waals surface area (Å²) in [7, 11) is 0. The molecule has 1 aromatic heterocycles. The highest BCUT2D eigenvalue weighted by molar-refractivity contribution is 5.78. The first-order chi connectivity index (χ1) is 9.72. The SMILES string of the molecule is O=[N+]([O-])c1ccc2nc(OCCC3CCNC3)[nH]c2c1. The summed E-state index contributed by atoms with van der Waals surface area (Å²) in [6.07, 6.45) is 2.18. The summed E-state index contributed by atoms with van der Waals surface area (Å²) in [6, 6.07) is 4.96. The summed E-state index contributed by atoms with van der Waals surface area (Å²) in [4.78, 5) is 17.5. The van der Waals surface area contributed by atoms with Gasteiger partial charge in [0.1, 0.15) is 0 Å². The van der Waals surface area contributed by atoms with Crippen molar-refractivity contribution in [3.05, 3.63) is 28.3 Å². The summed E-state index contributed by atoms with van der Waals surface area (Å²) in [6.45, 7) is 2.74. The van der Waals surface area contributed by atoms with Crippen LogP contribution in [0.3, 0.4) is 0 Å². The minimum absolute atomic E-state index is 0.0460. The van der Waals surface area contributed by atoms with Gasteiger partial charge in [-0.05, 0) is 37.9 Å². The Morgan fingerprint density at radius 2 is 2.40 bits per heavy atom. The molecule has 0 spiro atoms. The molecule has 20 heavy (non-hydrogen) atoms. The highest BCUT2D eigenvalue weighted by atomic mass is 16.6. The van der Waals surface area contributed by atoms with E-state index in [9.17, 15) is 10.1 Å². The van der Waals surface area contributed by atoms with Gasteiger partial charge >= 0.3 is 0 Å². The Labute approximate surface area is 115 Å². The molecular formula is C13H16N4O3. The maximum absolute atomic E-state index is 10.7. The number of H-pyrrole nitrogens is 1. The second kappa shape index (κ2) is 5.46. The first kappa shape index (κ1) is 12.9. The highest BCUT2D eigenvalue weighted by Gasteiger charge is 2.15. The van der Waals surface area contributed by atoms with Gasteiger partial charge in [-0.25, -0.2) is 0 Å². The number of fused-ring (bicyclic) bond motifs is 1. The quantitative estimate of drug-likeness (QED) is 0.642. The summed E-state index contributed by atoms with van der Waals surface area (Å²) >= 11 is 0. The van der Waals surface area contributed by atoms with Crippen molar-refractivity contribution in [1.82, 2.24) is 15.3 Å². The number of hydrogen-bond donors (Lipinski definition) is 2. The number of hydrogen-bond acceptors (Lipinski definition) is 5. The molecule has 2 heterocycles. The smallest absolute Gasteiger partial charge is 0.294 e. The molecule has 2 aromatic rings. The summed E-state index contributed by atoms with van der Waals surface area (Å²) in [5.41, 5.74) is 1.34. The third kappa shape index (κ3) is 2.72. The van der Waals surface area contributed by atoms with Crippen molar-refractivity contribution >= 4 is 16.7 Å². The van der Waals surface area contributed by atoms with E-state index in [2.05, 4.69) is 15.3 Å². The molecule has 3 rings (SSSR count). The van der Waals surface area contributed by atoms with Crippen molar-refractivity contribution in [3.8, 4) is 6.01 Å². The minimum atomic E-state index is -0.423. The standard InChI is InChI=1S/C13H16N4O3/c18-17(19)10-1-2-11-12(7-10)16-13(15-11)20-6-4-9-3-5-14-8-9/h1-2,7,9,14H,3-6,8H2,(H,15,16). The molecule has 1 unspecified atom stereocenters. The predicted octanol–water partition coefficient (Wildman–Crippen LogP) is 1.85. The van der Waals surface area contributed by atoms with Crippen LogP contribution in [0.2, 0.25) is 0 Å². The number of nitrogens with zero attached hydrogens (tertiary/aromatic N) is 2. The minimum Gasteiger partial charge on any atom is -0.465 e. The zero-order chi connectivity index (χ0) is 13.9. The number of nitro benzene ring substituents is 1. The normalized spacial score (nSPS) is 18.5. The average molecular weight is 276 g/mol. The van der Waals surface area contributed by atoms with E-state index in [0.29, 0.717) is 29.6 Å². The van der Waals surface area contributed by atoms with Crippen LogP contribution in [0.25, 0.3) is 11.0 Å². The third-order valence-corrected chi connectivity index (χ3v) is 3.58. The van der Waals surface area contributed by atoms with Crippen LogP contribution < -0.4 is 10.1 Å². The lowest BCUT2D eigenvalue weighted by atomic mass is 10.1. The van der Waals surface area contributed by atoms with Gasteiger partial charge in [0.15, 0.2) is 0 Å². The first-order valence-corrected chi connectivity index (χ1v) is 6.70. The van der Waals surface area contributed by atoms with Crippen molar-refractivity contribution in [3.63, 3.8) is 0 Å². The van der Waals surface area contributed by atoms with Gasteiger partial charge in [-0.3, -0.25) is 10.1 Å². The lowest BCUT2D eigenvalue weighted by Gasteiger charge is -2.07. The molecule has 1 atom stereocenters. The van der Waals surface area contributed by atoms with Crippen molar-refractivity contribution < 1.29 is 9.66 Å². The van der Waals surface area contributed by atoms with E-state index in [1.165, 1.54) is 18.6 Å². The number of ether oxygens (including phenoxy) is 1. The molecule has 1 aliphatic heterocycles. The van der Waals surface area contributed by atoms with Crippen molar-refractivity contribution in [2.24, 2.45) is 5.92 Å². The van der Waals surface area contributed by atoms with E-state index >= 15 is 0 Å². The number of aromatic nitrogens is 2. The number of nitro groups is 1. The molecule has 1 fully saturated rings. The Morgan fingerprint density at radius 3 is 3.15 bits per heavy atom. The number of nitrogens with one attached hydrogen (secondary N) is 2. The second-order valence-corrected chi connectivity index (χ2v) is 5.00. The Hall–Kier alpha value is -2.15. The van der Waals surface area contributed by atoms with Crippen LogP contribution in [-0.4, -0.2) is 34.6 Å². The maximum atomic E-state index is 10.7. The molecule has 1 aromatic carbocycles. The van der Waals surface area contributed by atoms with Crippen molar-refractivity contribution in [2.45, 2.75) is 12.8 Å². The fourth-order valence-corrected chi connectivity index (χ4v) is 2.44. The number of benzene rings is 1. The van der Waals surface area contributed by atoms with Crippen molar-refractivity contribution in [2.75, 3.05) is 19.7 Å². The van der Waals surface area contributed by atoms with Gasteiger partial charge in [-0.2, -0.15) is 4.98 Å². The van der Waals surface area contributed by atoms with Crippen LogP contribution in [-0.2, 0) is 0 Å². The average Bonchev–Trinajstić information content (AvgIpc) is 3.06. The molecule has 1 saturated heterocycles. The van der Waals surface area contributed by atoms with Crippen LogP contribution in [0.5, 0.6) is 6.01 Å². The van der Waals surface area contributed by atoms with Gasteiger partial charge in [0.25, 0.3) is 11.7 Å². The number of non-ortho nitro benzene ring substituents is 1. The number of aromatic amines is 1. The Bertz CT molecular complexity index is 619. The predicted molar refractivity (Wildman–Crippen MR) is 73.8 cm³/mol. The van der Waals surface area contributed by atoms with Gasteiger partial charge in [0.05, 0.1) is 22.6 Å². The molecule has 0 radical (unpaired) electrons. The molecule has 0 saturated carbocycles. The largest absolute Gasteiger partial charge is 0.465 e. The molecule has 106 valence electrons. The van der Waals surface area contributed by atoms with E-state index in [1.54, 1.807) is 6.07 Å². The Kier molecular flexibility index (Phi) is 3.51. The number of rotatable bonds is 5. The highest BCUT2D eigenvalue weighted by Crippen LogP contribution is 2.21. The summed E-state index contributed by atoms with van der Waals surface area (Å²) in [5.74, 6) is 0.667. The van der Waals surface area contributed by atoms with Crippen LogP contribution in [0, 0.1) is 16.0 Å². The molecule has 1 aliphatic rings. The molecule has 2 N–H and O–H groups in total. The number of imidazole rings is 1. The molecule has 0 amide bonds. The van der Waals surface area contributed by atoms with Gasteiger partial charge in [-0.1, -0.05) is 0 Å². The van der Waals surface area contributed by atoms with Crippen LogP contribution >= 0.6 is 0 Å². The van der Waals surface area contributed by atoms with Crippen LogP contribution in [0.15, 0.2) is 18.2 Å².